The number of hydrogen-bond acceptors (Lipinski definition) is 5. The Balaban J connectivity index is 1.23. The summed E-state index contributed by atoms with van der Waals surface area (Å²) in [7, 11) is 0. The molecule has 8 heteroatoms. The van der Waals surface area contributed by atoms with Crippen LogP contribution in [0.1, 0.15) is 59.5 Å². The molecule has 1 aromatic heterocycles. The van der Waals surface area contributed by atoms with E-state index in [1.807, 2.05) is 24.3 Å². The Morgan fingerprint density at radius 2 is 1.85 bits per heavy atom. The molecule has 3 aliphatic rings. The number of carboxylic acids is 1. The van der Waals surface area contributed by atoms with Crippen LogP contribution in [0.4, 0.5) is 4.39 Å². The van der Waals surface area contributed by atoms with Gasteiger partial charge in [-0.25, -0.2) is 9.37 Å². The van der Waals surface area contributed by atoms with Crippen LogP contribution in [0.5, 0.6) is 11.5 Å². The molecule has 0 radical (unpaired) electrons. The summed E-state index contributed by atoms with van der Waals surface area (Å²) in [5, 5.41) is 9.19. The van der Waals surface area contributed by atoms with E-state index < -0.39 is 5.97 Å². The van der Waals surface area contributed by atoms with Gasteiger partial charge in [0.25, 0.3) is 0 Å². The Bertz CT molecular complexity index is 1570. The summed E-state index contributed by atoms with van der Waals surface area (Å²) in [6.07, 6.45) is 2.58. The molecule has 0 amide bonds. The van der Waals surface area contributed by atoms with Crippen LogP contribution >= 0.6 is 0 Å². The molecule has 200 valence electrons. The molecule has 0 bridgehead atoms. The fourth-order valence-corrected chi connectivity index (χ4v) is 6.30. The van der Waals surface area contributed by atoms with E-state index in [2.05, 4.69) is 16.7 Å². The van der Waals surface area contributed by atoms with Gasteiger partial charge < -0.3 is 19.3 Å². The van der Waals surface area contributed by atoms with Gasteiger partial charge in [0, 0.05) is 48.2 Å². The van der Waals surface area contributed by atoms with E-state index in [9.17, 15) is 14.3 Å². The number of ether oxygens (including phenoxy) is 3. The highest BCUT2D eigenvalue weighted by atomic mass is 19.1. The third-order valence-corrected chi connectivity index (χ3v) is 8.22. The quantitative estimate of drug-likeness (QED) is 0.344. The van der Waals surface area contributed by atoms with E-state index >= 15 is 0 Å². The minimum atomic E-state index is -0.815. The zero-order valence-electron chi connectivity index (χ0n) is 21.4. The summed E-state index contributed by atoms with van der Waals surface area (Å²) >= 11 is 0. The number of imidazole rings is 1. The highest BCUT2D eigenvalue weighted by Gasteiger charge is 2.32. The highest BCUT2D eigenvalue weighted by Crippen LogP contribution is 2.44. The lowest BCUT2D eigenvalue weighted by molar-refractivity contribution is -0.137. The lowest BCUT2D eigenvalue weighted by Crippen LogP contribution is -2.18. The zero-order chi connectivity index (χ0) is 26.5. The number of carboxylic acid groups (broad SMARTS) is 1. The van der Waals surface area contributed by atoms with Crippen molar-refractivity contribution in [1.29, 1.82) is 0 Å². The second kappa shape index (κ2) is 9.68. The van der Waals surface area contributed by atoms with Gasteiger partial charge in [-0.1, -0.05) is 24.3 Å². The summed E-state index contributed by atoms with van der Waals surface area (Å²) in [4.78, 5) is 16.2. The van der Waals surface area contributed by atoms with Crippen LogP contribution in [0, 0.1) is 5.82 Å². The second-order valence-corrected chi connectivity index (χ2v) is 10.7. The van der Waals surface area contributed by atoms with E-state index in [1.54, 1.807) is 12.1 Å². The first-order valence-corrected chi connectivity index (χ1v) is 13.5. The standard InChI is InChI=1S/C31H29FN2O5/c32-22-5-7-25-27(15-22)34(31(33-25)19-8-10-37-11-9-19)26-3-1-2-24-20(17-39-30(24)26)12-18-4-6-23-21(14-29(35)36)16-38-28(23)13-18/h1-7,13,15,19-21H,8-12,14,16-17H2,(H,35,36)/t20-,21-/m1/s1. The first kappa shape index (κ1) is 24.2. The van der Waals surface area contributed by atoms with Gasteiger partial charge in [-0.2, -0.15) is 0 Å². The molecule has 0 aliphatic carbocycles. The Hall–Kier alpha value is -3.91. The molecule has 7 rings (SSSR count). The third kappa shape index (κ3) is 4.33. The number of hydrogen-bond donors (Lipinski definition) is 1. The molecular weight excluding hydrogens is 499 g/mol. The number of para-hydroxylation sites is 1. The van der Waals surface area contributed by atoms with E-state index in [0.717, 1.165) is 70.0 Å². The average Bonchev–Trinajstić information content (AvgIpc) is 3.64. The summed E-state index contributed by atoms with van der Waals surface area (Å²) in [5.74, 6) is 1.67. The first-order chi connectivity index (χ1) is 19.0. The largest absolute Gasteiger partial charge is 0.493 e. The van der Waals surface area contributed by atoms with E-state index in [-0.39, 0.29) is 30.0 Å². The number of rotatable bonds is 6. The fraction of sp³-hybridized carbons (Fsp3) is 0.355. The van der Waals surface area contributed by atoms with Crippen molar-refractivity contribution < 1.29 is 28.5 Å². The van der Waals surface area contributed by atoms with Gasteiger partial charge in [0.05, 0.1) is 36.4 Å². The maximum atomic E-state index is 14.4. The number of benzene rings is 3. The van der Waals surface area contributed by atoms with Gasteiger partial charge in [0.15, 0.2) is 0 Å². The summed E-state index contributed by atoms with van der Waals surface area (Å²) in [5.41, 5.74) is 5.60. The molecule has 1 saturated heterocycles. The minimum Gasteiger partial charge on any atom is -0.493 e. The van der Waals surface area contributed by atoms with Crippen LogP contribution in [0.2, 0.25) is 0 Å². The van der Waals surface area contributed by atoms with Crippen LogP contribution in [-0.4, -0.2) is 47.1 Å². The van der Waals surface area contributed by atoms with Crippen LogP contribution in [0.25, 0.3) is 16.7 Å². The molecule has 39 heavy (non-hydrogen) atoms. The zero-order valence-corrected chi connectivity index (χ0v) is 21.4. The molecule has 0 spiro atoms. The molecule has 4 heterocycles. The smallest absolute Gasteiger partial charge is 0.304 e. The highest BCUT2D eigenvalue weighted by molar-refractivity contribution is 5.80. The van der Waals surface area contributed by atoms with E-state index in [1.165, 1.54) is 6.07 Å². The number of aromatic nitrogens is 2. The Morgan fingerprint density at radius 3 is 2.69 bits per heavy atom. The molecule has 3 aromatic carbocycles. The number of aliphatic carboxylic acids is 1. The first-order valence-electron chi connectivity index (χ1n) is 13.5. The van der Waals surface area contributed by atoms with Crippen LogP contribution in [-0.2, 0) is 16.0 Å². The summed E-state index contributed by atoms with van der Waals surface area (Å²) in [6, 6.07) is 17.0. The van der Waals surface area contributed by atoms with Crippen molar-refractivity contribution in [2.75, 3.05) is 26.4 Å². The van der Waals surface area contributed by atoms with E-state index in [0.29, 0.717) is 26.4 Å². The normalized spacial score (nSPS) is 20.4. The van der Waals surface area contributed by atoms with Crippen LogP contribution < -0.4 is 9.47 Å². The van der Waals surface area contributed by atoms with Gasteiger partial charge in [-0.15, -0.1) is 0 Å². The maximum absolute atomic E-state index is 14.4. The molecule has 1 fully saturated rings. The van der Waals surface area contributed by atoms with E-state index in [4.69, 9.17) is 19.2 Å². The molecule has 4 aromatic rings. The molecule has 2 atom stereocenters. The van der Waals surface area contributed by atoms with Gasteiger partial charge in [-0.05, 0) is 49.1 Å². The van der Waals surface area contributed by atoms with Gasteiger partial charge in [0.1, 0.15) is 23.1 Å². The molecule has 0 saturated carbocycles. The summed E-state index contributed by atoms with van der Waals surface area (Å²) in [6.45, 7) is 2.32. The molecule has 0 unspecified atom stereocenters. The lowest BCUT2D eigenvalue weighted by Gasteiger charge is -2.23. The lowest BCUT2D eigenvalue weighted by atomic mass is 9.91. The molecule has 7 nitrogen and oxygen atoms in total. The van der Waals surface area contributed by atoms with Crippen molar-refractivity contribution in [2.24, 2.45) is 0 Å². The minimum absolute atomic E-state index is 0.0711. The Labute approximate surface area is 225 Å². The van der Waals surface area contributed by atoms with Gasteiger partial charge in [0.2, 0.25) is 0 Å². The monoisotopic (exact) mass is 528 g/mol. The van der Waals surface area contributed by atoms with Crippen molar-refractivity contribution >= 4 is 17.0 Å². The van der Waals surface area contributed by atoms with Crippen LogP contribution in [0.15, 0.2) is 54.6 Å². The Morgan fingerprint density at radius 1 is 1.00 bits per heavy atom. The predicted molar refractivity (Wildman–Crippen MR) is 143 cm³/mol. The molecule has 1 N–H and O–H groups in total. The topological polar surface area (TPSA) is 82.8 Å². The van der Waals surface area contributed by atoms with Gasteiger partial charge >= 0.3 is 5.97 Å². The summed E-state index contributed by atoms with van der Waals surface area (Å²) < 4.78 is 34.3. The average molecular weight is 529 g/mol. The Kier molecular flexibility index (Phi) is 6.00. The van der Waals surface area contributed by atoms with Crippen molar-refractivity contribution in [2.45, 2.75) is 43.4 Å². The van der Waals surface area contributed by atoms with Crippen molar-refractivity contribution in [1.82, 2.24) is 9.55 Å². The predicted octanol–water partition coefficient (Wildman–Crippen LogP) is 5.73. The third-order valence-electron chi connectivity index (χ3n) is 8.22. The molecule has 3 aliphatic heterocycles. The van der Waals surface area contributed by atoms with Crippen molar-refractivity contribution in [3.05, 3.63) is 82.9 Å². The number of halogens is 1. The maximum Gasteiger partial charge on any atom is 0.304 e. The fourth-order valence-electron chi connectivity index (χ4n) is 6.30. The number of nitrogens with zero attached hydrogens (tertiary/aromatic N) is 2. The van der Waals surface area contributed by atoms with Crippen molar-refractivity contribution in [3.8, 4) is 17.2 Å². The number of carbonyl (C=O) groups is 1. The molecular formula is C31H29FN2O5. The second-order valence-electron chi connectivity index (χ2n) is 10.7. The van der Waals surface area contributed by atoms with Crippen molar-refractivity contribution in [3.63, 3.8) is 0 Å². The van der Waals surface area contributed by atoms with Gasteiger partial charge in [-0.3, -0.25) is 9.36 Å². The SMILES string of the molecule is O=C(O)C[C@@H]1COc2cc(C[C@@H]3COc4c3cccc4-n3c(C4CCOCC4)nc4ccc(F)cc43)ccc21. The van der Waals surface area contributed by atoms with Crippen LogP contribution in [0.3, 0.4) is 0 Å². The number of fused-ring (bicyclic) bond motifs is 3.